The van der Waals surface area contributed by atoms with Crippen molar-refractivity contribution in [2.45, 2.75) is 39.7 Å². The first-order chi connectivity index (χ1) is 9.11. The number of benzene rings is 1. The Kier molecular flexibility index (Phi) is 4.30. The van der Waals surface area contributed by atoms with E-state index >= 15 is 0 Å². The summed E-state index contributed by atoms with van der Waals surface area (Å²) in [5.41, 5.74) is 1.70. The van der Waals surface area contributed by atoms with Crippen molar-refractivity contribution in [3.8, 4) is 5.75 Å². The summed E-state index contributed by atoms with van der Waals surface area (Å²) < 4.78 is 5.76. The van der Waals surface area contributed by atoms with Gasteiger partial charge in [-0.05, 0) is 32.4 Å². The summed E-state index contributed by atoms with van der Waals surface area (Å²) in [5, 5.41) is 6.35. The van der Waals surface area contributed by atoms with Gasteiger partial charge in [0.2, 0.25) is 5.91 Å². The first-order valence-corrected chi connectivity index (χ1v) is 6.96. The molecule has 1 aliphatic rings. The monoisotopic (exact) mass is 262 g/mol. The molecule has 0 aromatic heterocycles. The standard InChI is InChI=1S/C15H22N2O2/c1-4-6-11-9-16-12-7-5-8-13(19-10(2)3)14(12)17-15(11)18/h5,7-8,10-11,16H,4,6,9H2,1-3H3,(H,17,18). The fraction of sp³-hybridized carbons (Fsp3) is 0.533. The van der Waals surface area contributed by atoms with E-state index in [4.69, 9.17) is 4.74 Å². The summed E-state index contributed by atoms with van der Waals surface area (Å²) in [7, 11) is 0. The van der Waals surface area contributed by atoms with Gasteiger partial charge in [0, 0.05) is 6.54 Å². The highest BCUT2D eigenvalue weighted by atomic mass is 16.5. The average molecular weight is 262 g/mol. The number of hydrogen-bond acceptors (Lipinski definition) is 3. The van der Waals surface area contributed by atoms with Crippen LogP contribution in [0.3, 0.4) is 0 Å². The summed E-state index contributed by atoms with van der Waals surface area (Å²) >= 11 is 0. The van der Waals surface area contributed by atoms with Crippen LogP contribution in [-0.2, 0) is 4.79 Å². The number of amides is 1. The maximum Gasteiger partial charge on any atom is 0.229 e. The van der Waals surface area contributed by atoms with Gasteiger partial charge in [0.25, 0.3) is 0 Å². The van der Waals surface area contributed by atoms with Crippen molar-refractivity contribution in [1.82, 2.24) is 0 Å². The number of rotatable bonds is 4. The molecule has 19 heavy (non-hydrogen) atoms. The first kappa shape index (κ1) is 13.7. The van der Waals surface area contributed by atoms with Gasteiger partial charge in [-0.15, -0.1) is 0 Å². The molecule has 0 bridgehead atoms. The minimum Gasteiger partial charge on any atom is -0.489 e. The lowest BCUT2D eigenvalue weighted by Crippen LogP contribution is -2.25. The number of para-hydroxylation sites is 1. The zero-order valence-electron chi connectivity index (χ0n) is 11.8. The fourth-order valence-electron chi connectivity index (χ4n) is 2.29. The molecular formula is C15H22N2O2. The van der Waals surface area contributed by atoms with Gasteiger partial charge >= 0.3 is 0 Å². The van der Waals surface area contributed by atoms with Crippen molar-refractivity contribution < 1.29 is 9.53 Å². The lowest BCUT2D eigenvalue weighted by Gasteiger charge is -2.16. The molecule has 1 amide bonds. The van der Waals surface area contributed by atoms with Crippen LogP contribution in [0.25, 0.3) is 0 Å². The van der Waals surface area contributed by atoms with E-state index in [1.807, 2.05) is 32.0 Å². The van der Waals surface area contributed by atoms with Crippen LogP contribution in [-0.4, -0.2) is 18.6 Å². The molecule has 104 valence electrons. The van der Waals surface area contributed by atoms with Gasteiger partial charge < -0.3 is 15.4 Å². The quantitative estimate of drug-likeness (QED) is 0.875. The van der Waals surface area contributed by atoms with Crippen LogP contribution >= 0.6 is 0 Å². The molecule has 4 nitrogen and oxygen atoms in total. The Morgan fingerprint density at radius 3 is 2.89 bits per heavy atom. The maximum absolute atomic E-state index is 12.2. The number of anilines is 2. The third kappa shape index (κ3) is 3.19. The van der Waals surface area contributed by atoms with Gasteiger partial charge in [0.1, 0.15) is 11.4 Å². The third-order valence-corrected chi connectivity index (χ3v) is 3.18. The Labute approximate surface area is 114 Å². The summed E-state index contributed by atoms with van der Waals surface area (Å²) in [4.78, 5) is 12.2. The zero-order valence-corrected chi connectivity index (χ0v) is 11.8. The van der Waals surface area contributed by atoms with Crippen LogP contribution in [0.15, 0.2) is 18.2 Å². The van der Waals surface area contributed by atoms with Crippen LogP contribution in [0.5, 0.6) is 5.75 Å². The normalized spacial score (nSPS) is 18.3. The number of hydrogen-bond donors (Lipinski definition) is 2. The van der Waals surface area contributed by atoms with Gasteiger partial charge in [-0.25, -0.2) is 0 Å². The Bertz CT molecular complexity index is 457. The largest absolute Gasteiger partial charge is 0.489 e. The van der Waals surface area contributed by atoms with Gasteiger partial charge in [0.05, 0.1) is 17.7 Å². The van der Waals surface area contributed by atoms with Gasteiger partial charge in [-0.3, -0.25) is 4.79 Å². The molecule has 4 heteroatoms. The van der Waals surface area contributed by atoms with Crippen LogP contribution < -0.4 is 15.4 Å². The minimum atomic E-state index is 0.0179. The number of carbonyl (C=O) groups is 1. The summed E-state index contributed by atoms with van der Waals surface area (Å²) in [6.07, 6.45) is 1.98. The highest BCUT2D eigenvalue weighted by Crippen LogP contribution is 2.35. The molecule has 1 atom stereocenters. The molecule has 0 saturated heterocycles. The second kappa shape index (κ2) is 5.95. The van der Waals surface area contributed by atoms with Crippen molar-refractivity contribution in [1.29, 1.82) is 0 Å². The number of carbonyl (C=O) groups excluding carboxylic acids is 1. The Balaban J connectivity index is 2.27. The SMILES string of the molecule is CCCC1CNc2cccc(OC(C)C)c2NC1=O. The molecule has 2 N–H and O–H groups in total. The summed E-state index contributed by atoms with van der Waals surface area (Å²) in [6, 6.07) is 5.80. The van der Waals surface area contributed by atoms with E-state index in [0.717, 1.165) is 30.0 Å². The van der Waals surface area contributed by atoms with Crippen LogP contribution in [0.1, 0.15) is 33.6 Å². The predicted molar refractivity (Wildman–Crippen MR) is 77.7 cm³/mol. The Morgan fingerprint density at radius 2 is 2.21 bits per heavy atom. The molecular weight excluding hydrogens is 240 g/mol. The Hall–Kier alpha value is -1.71. The van der Waals surface area contributed by atoms with Crippen LogP contribution in [0.4, 0.5) is 11.4 Å². The lowest BCUT2D eigenvalue weighted by molar-refractivity contribution is -0.119. The lowest BCUT2D eigenvalue weighted by atomic mass is 10.0. The smallest absolute Gasteiger partial charge is 0.229 e. The minimum absolute atomic E-state index is 0.0179. The van der Waals surface area contributed by atoms with Crippen LogP contribution in [0, 0.1) is 5.92 Å². The fourth-order valence-corrected chi connectivity index (χ4v) is 2.29. The number of fused-ring (bicyclic) bond motifs is 1. The first-order valence-electron chi connectivity index (χ1n) is 6.96. The second-order valence-electron chi connectivity index (χ2n) is 5.20. The zero-order chi connectivity index (χ0) is 13.8. The molecule has 0 aliphatic carbocycles. The second-order valence-corrected chi connectivity index (χ2v) is 5.20. The highest BCUT2D eigenvalue weighted by molar-refractivity contribution is 5.99. The van der Waals surface area contributed by atoms with E-state index in [1.165, 1.54) is 0 Å². The van der Waals surface area contributed by atoms with E-state index in [1.54, 1.807) is 0 Å². The van der Waals surface area contributed by atoms with Crippen molar-refractivity contribution in [3.05, 3.63) is 18.2 Å². The molecule has 0 saturated carbocycles. The molecule has 1 aromatic rings. The van der Waals surface area contributed by atoms with E-state index in [-0.39, 0.29) is 17.9 Å². The number of nitrogens with one attached hydrogen (secondary N) is 2. The number of ether oxygens (including phenoxy) is 1. The summed E-state index contributed by atoms with van der Waals surface area (Å²) in [5.74, 6) is 0.822. The molecule has 1 unspecified atom stereocenters. The van der Waals surface area contributed by atoms with Crippen molar-refractivity contribution in [3.63, 3.8) is 0 Å². The maximum atomic E-state index is 12.2. The van der Waals surface area contributed by atoms with E-state index < -0.39 is 0 Å². The summed E-state index contributed by atoms with van der Waals surface area (Å²) in [6.45, 7) is 6.73. The molecule has 0 fully saturated rings. The van der Waals surface area contributed by atoms with E-state index in [2.05, 4.69) is 17.6 Å². The van der Waals surface area contributed by atoms with E-state index in [9.17, 15) is 4.79 Å². The van der Waals surface area contributed by atoms with E-state index in [0.29, 0.717) is 6.54 Å². The van der Waals surface area contributed by atoms with Crippen molar-refractivity contribution in [2.75, 3.05) is 17.2 Å². The predicted octanol–water partition coefficient (Wildman–Crippen LogP) is 3.25. The third-order valence-electron chi connectivity index (χ3n) is 3.18. The molecule has 1 aromatic carbocycles. The molecule has 1 aliphatic heterocycles. The van der Waals surface area contributed by atoms with Crippen LogP contribution in [0.2, 0.25) is 0 Å². The molecule has 1 heterocycles. The van der Waals surface area contributed by atoms with Crippen molar-refractivity contribution in [2.24, 2.45) is 5.92 Å². The Morgan fingerprint density at radius 1 is 1.42 bits per heavy atom. The molecule has 2 rings (SSSR count). The highest BCUT2D eigenvalue weighted by Gasteiger charge is 2.24. The topological polar surface area (TPSA) is 50.4 Å². The van der Waals surface area contributed by atoms with Crippen molar-refractivity contribution >= 4 is 17.3 Å². The van der Waals surface area contributed by atoms with Gasteiger partial charge in [-0.1, -0.05) is 19.4 Å². The molecule has 0 radical (unpaired) electrons. The van der Waals surface area contributed by atoms with Gasteiger partial charge in [0.15, 0.2) is 0 Å². The average Bonchev–Trinajstić information content (AvgIpc) is 2.51. The van der Waals surface area contributed by atoms with Gasteiger partial charge in [-0.2, -0.15) is 0 Å². The molecule has 0 spiro atoms.